The summed E-state index contributed by atoms with van der Waals surface area (Å²) in [5, 5.41) is 10.5. The van der Waals surface area contributed by atoms with E-state index >= 15 is 0 Å². The molecule has 1 atom stereocenters. The van der Waals surface area contributed by atoms with Crippen molar-refractivity contribution in [2.75, 3.05) is 13.1 Å². The van der Waals surface area contributed by atoms with Gasteiger partial charge in [0.05, 0.1) is 6.10 Å². The Balaban J connectivity index is 1.61. The highest BCUT2D eigenvalue weighted by Crippen LogP contribution is 2.31. The number of amides is 1. The molecular weight excluding hydrogens is 286 g/mol. The first kappa shape index (κ1) is 15.8. The summed E-state index contributed by atoms with van der Waals surface area (Å²) < 4.78 is 0. The van der Waals surface area contributed by atoms with Gasteiger partial charge in [-0.25, -0.2) is 0 Å². The average Bonchev–Trinajstić information content (AvgIpc) is 2.61. The minimum absolute atomic E-state index is 0.0985. The molecule has 3 rings (SSSR count). The van der Waals surface area contributed by atoms with Gasteiger partial charge in [-0.2, -0.15) is 0 Å². The van der Waals surface area contributed by atoms with E-state index in [1.165, 1.54) is 0 Å². The Morgan fingerprint density at radius 2 is 1.78 bits per heavy atom. The zero-order chi connectivity index (χ0) is 16.2. The van der Waals surface area contributed by atoms with Crippen LogP contribution >= 0.6 is 0 Å². The Bertz CT molecular complexity index is 660. The van der Waals surface area contributed by atoms with Crippen molar-refractivity contribution in [2.24, 2.45) is 5.92 Å². The summed E-state index contributed by atoms with van der Waals surface area (Å²) in [6, 6.07) is 17.5. The second-order valence-electron chi connectivity index (χ2n) is 6.35. The maximum Gasteiger partial charge on any atom is 0.253 e. The van der Waals surface area contributed by atoms with Gasteiger partial charge in [-0.3, -0.25) is 4.79 Å². The molecule has 1 saturated heterocycles. The number of likely N-dealkylation sites (tertiary alicyclic amines) is 1. The van der Waals surface area contributed by atoms with Gasteiger partial charge in [0, 0.05) is 18.7 Å². The summed E-state index contributed by atoms with van der Waals surface area (Å²) in [4.78, 5) is 14.5. The minimum Gasteiger partial charge on any atom is -0.388 e. The van der Waals surface area contributed by atoms with Gasteiger partial charge in [0.1, 0.15) is 0 Å². The molecule has 2 aromatic rings. The maximum atomic E-state index is 12.6. The molecule has 1 fully saturated rings. The van der Waals surface area contributed by atoms with Gasteiger partial charge in [-0.1, -0.05) is 48.0 Å². The van der Waals surface area contributed by atoms with E-state index in [4.69, 9.17) is 0 Å². The quantitative estimate of drug-likeness (QED) is 0.941. The zero-order valence-corrected chi connectivity index (χ0v) is 13.5. The van der Waals surface area contributed by atoms with E-state index in [-0.39, 0.29) is 11.8 Å². The molecule has 1 amide bonds. The number of benzene rings is 2. The van der Waals surface area contributed by atoms with Crippen LogP contribution in [0.4, 0.5) is 0 Å². The summed E-state index contributed by atoms with van der Waals surface area (Å²) in [5.41, 5.74) is 2.83. The van der Waals surface area contributed by atoms with Crippen molar-refractivity contribution >= 4 is 5.91 Å². The lowest BCUT2D eigenvalue weighted by Gasteiger charge is -2.34. The molecule has 0 saturated carbocycles. The molecule has 3 heteroatoms. The Hall–Kier alpha value is -2.13. The van der Waals surface area contributed by atoms with Gasteiger partial charge in [-0.05, 0) is 43.4 Å². The van der Waals surface area contributed by atoms with Crippen LogP contribution in [0.5, 0.6) is 0 Å². The lowest BCUT2D eigenvalue weighted by Crippen LogP contribution is -2.39. The standard InChI is InChI=1S/C20H23NO2/c1-15-6-5-9-18(14-15)20(23)21-12-10-17(11-13-21)19(22)16-7-3-2-4-8-16/h2-9,14,17,19,22H,10-13H2,1H3. The summed E-state index contributed by atoms with van der Waals surface area (Å²) >= 11 is 0. The van der Waals surface area contributed by atoms with Crippen LogP contribution in [-0.4, -0.2) is 29.0 Å². The first-order valence-corrected chi connectivity index (χ1v) is 8.24. The van der Waals surface area contributed by atoms with Crippen LogP contribution in [0.1, 0.15) is 40.4 Å². The Labute approximate surface area is 137 Å². The molecular formula is C20H23NO2. The van der Waals surface area contributed by atoms with E-state index in [0.717, 1.165) is 29.5 Å². The first-order valence-electron chi connectivity index (χ1n) is 8.24. The molecule has 0 bridgehead atoms. The Morgan fingerprint density at radius 1 is 1.09 bits per heavy atom. The SMILES string of the molecule is Cc1cccc(C(=O)N2CCC(C(O)c3ccccc3)CC2)c1. The number of hydrogen-bond donors (Lipinski definition) is 1. The average molecular weight is 309 g/mol. The smallest absolute Gasteiger partial charge is 0.253 e. The molecule has 1 N–H and O–H groups in total. The molecule has 0 aromatic heterocycles. The second kappa shape index (κ2) is 6.97. The van der Waals surface area contributed by atoms with E-state index in [1.807, 2.05) is 66.4 Å². The van der Waals surface area contributed by atoms with Crippen molar-refractivity contribution in [3.05, 3.63) is 71.3 Å². The third-order valence-electron chi connectivity index (χ3n) is 4.68. The van der Waals surface area contributed by atoms with Gasteiger partial charge in [0.2, 0.25) is 0 Å². The maximum absolute atomic E-state index is 12.6. The molecule has 23 heavy (non-hydrogen) atoms. The van der Waals surface area contributed by atoms with Crippen LogP contribution < -0.4 is 0 Å². The number of hydrogen-bond acceptors (Lipinski definition) is 2. The molecule has 1 unspecified atom stereocenters. The number of carbonyl (C=O) groups excluding carboxylic acids is 1. The zero-order valence-electron chi connectivity index (χ0n) is 13.5. The number of rotatable bonds is 3. The highest BCUT2D eigenvalue weighted by atomic mass is 16.3. The fraction of sp³-hybridized carbons (Fsp3) is 0.350. The largest absolute Gasteiger partial charge is 0.388 e. The lowest BCUT2D eigenvalue weighted by molar-refractivity contribution is 0.0462. The van der Waals surface area contributed by atoms with Crippen LogP contribution in [0.15, 0.2) is 54.6 Å². The van der Waals surface area contributed by atoms with E-state index in [0.29, 0.717) is 13.1 Å². The normalized spacial score (nSPS) is 17.0. The predicted octanol–water partition coefficient (Wildman–Crippen LogP) is 3.58. The predicted molar refractivity (Wildman–Crippen MR) is 91.2 cm³/mol. The summed E-state index contributed by atoms with van der Waals surface area (Å²) in [5.74, 6) is 0.320. The number of aliphatic hydroxyl groups is 1. The molecule has 1 heterocycles. The van der Waals surface area contributed by atoms with Crippen molar-refractivity contribution in [2.45, 2.75) is 25.9 Å². The molecule has 1 aliphatic rings. The second-order valence-corrected chi connectivity index (χ2v) is 6.35. The van der Waals surface area contributed by atoms with Crippen molar-refractivity contribution < 1.29 is 9.90 Å². The Morgan fingerprint density at radius 3 is 2.43 bits per heavy atom. The molecule has 1 aliphatic heterocycles. The highest BCUT2D eigenvalue weighted by Gasteiger charge is 2.28. The third-order valence-corrected chi connectivity index (χ3v) is 4.68. The van der Waals surface area contributed by atoms with E-state index in [9.17, 15) is 9.90 Å². The van der Waals surface area contributed by atoms with Crippen LogP contribution in [0.2, 0.25) is 0 Å². The van der Waals surface area contributed by atoms with Crippen molar-refractivity contribution in [3.63, 3.8) is 0 Å². The number of carbonyl (C=O) groups is 1. The molecule has 0 spiro atoms. The van der Waals surface area contributed by atoms with Gasteiger partial charge in [-0.15, -0.1) is 0 Å². The summed E-state index contributed by atoms with van der Waals surface area (Å²) in [6.45, 7) is 3.42. The lowest BCUT2D eigenvalue weighted by atomic mass is 9.87. The van der Waals surface area contributed by atoms with Crippen molar-refractivity contribution in [1.82, 2.24) is 4.90 Å². The number of nitrogens with zero attached hydrogens (tertiary/aromatic N) is 1. The molecule has 0 aliphatic carbocycles. The topological polar surface area (TPSA) is 40.5 Å². The molecule has 2 aromatic carbocycles. The summed E-state index contributed by atoms with van der Waals surface area (Å²) in [6.07, 6.45) is 1.24. The van der Waals surface area contributed by atoms with Crippen molar-refractivity contribution in [1.29, 1.82) is 0 Å². The number of piperidine rings is 1. The van der Waals surface area contributed by atoms with Crippen LogP contribution in [0, 0.1) is 12.8 Å². The molecule has 0 radical (unpaired) electrons. The van der Waals surface area contributed by atoms with Gasteiger partial charge < -0.3 is 10.0 Å². The first-order chi connectivity index (χ1) is 11.1. The number of aliphatic hydroxyl groups excluding tert-OH is 1. The third kappa shape index (κ3) is 3.62. The minimum atomic E-state index is -0.438. The van der Waals surface area contributed by atoms with Crippen LogP contribution in [0.3, 0.4) is 0 Å². The molecule has 120 valence electrons. The van der Waals surface area contributed by atoms with E-state index in [2.05, 4.69) is 0 Å². The fourth-order valence-corrected chi connectivity index (χ4v) is 3.30. The fourth-order valence-electron chi connectivity index (χ4n) is 3.30. The summed E-state index contributed by atoms with van der Waals surface area (Å²) in [7, 11) is 0. The van der Waals surface area contributed by atoms with E-state index in [1.54, 1.807) is 0 Å². The highest BCUT2D eigenvalue weighted by molar-refractivity contribution is 5.94. The Kier molecular flexibility index (Phi) is 4.77. The molecule has 3 nitrogen and oxygen atoms in total. The van der Waals surface area contributed by atoms with Gasteiger partial charge >= 0.3 is 0 Å². The van der Waals surface area contributed by atoms with E-state index < -0.39 is 6.10 Å². The van der Waals surface area contributed by atoms with Gasteiger partial charge in [0.25, 0.3) is 5.91 Å². The van der Waals surface area contributed by atoms with Crippen LogP contribution in [-0.2, 0) is 0 Å². The monoisotopic (exact) mass is 309 g/mol. The van der Waals surface area contributed by atoms with Crippen molar-refractivity contribution in [3.8, 4) is 0 Å². The number of aryl methyl sites for hydroxylation is 1. The van der Waals surface area contributed by atoms with Gasteiger partial charge in [0.15, 0.2) is 0 Å². The van der Waals surface area contributed by atoms with Crippen LogP contribution in [0.25, 0.3) is 0 Å².